The minimum Gasteiger partial charge on any atom is -0.389 e. The lowest BCUT2D eigenvalue weighted by Crippen LogP contribution is -2.55. The van der Waals surface area contributed by atoms with Crippen molar-refractivity contribution in [2.75, 3.05) is 13.1 Å². The van der Waals surface area contributed by atoms with E-state index in [1.807, 2.05) is 0 Å². The van der Waals surface area contributed by atoms with Crippen molar-refractivity contribution in [2.45, 2.75) is 31.9 Å². The molecular formula is C17H21N5O4. The number of aryl methyl sites for hydroxylation is 1. The number of nitrogens with one attached hydrogen (secondary N) is 3. The van der Waals surface area contributed by atoms with E-state index in [1.165, 1.54) is 11.1 Å². The second-order valence-electron chi connectivity index (χ2n) is 6.38. The molecule has 9 heteroatoms. The molecule has 2 atom stereocenters. The van der Waals surface area contributed by atoms with Gasteiger partial charge in [0.15, 0.2) is 0 Å². The molecule has 3 heterocycles. The molecule has 4 N–H and O–H groups in total. The van der Waals surface area contributed by atoms with Crippen molar-refractivity contribution in [3.05, 3.63) is 51.7 Å². The zero-order valence-corrected chi connectivity index (χ0v) is 14.4. The summed E-state index contributed by atoms with van der Waals surface area (Å²) in [4.78, 5) is 41.7. The SMILES string of the molecule is Cc1[nH][nH]c(=O)c1CC(=O)N1CC[C@@H](NC(=O)c2cccnc2)[C@H](O)C1. The van der Waals surface area contributed by atoms with Crippen LogP contribution in [-0.2, 0) is 11.2 Å². The van der Waals surface area contributed by atoms with Crippen LogP contribution in [-0.4, -0.2) is 62.2 Å². The maximum absolute atomic E-state index is 12.4. The zero-order valence-electron chi connectivity index (χ0n) is 14.4. The monoisotopic (exact) mass is 359 g/mol. The highest BCUT2D eigenvalue weighted by atomic mass is 16.3. The molecule has 9 nitrogen and oxygen atoms in total. The van der Waals surface area contributed by atoms with Gasteiger partial charge in [0.05, 0.1) is 24.1 Å². The van der Waals surface area contributed by atoms with Crippen LogP contribution in [0.2, 0.25) is 0 Å². The number of H-pyrrole nitrogens is 2. The second kappa shape index (κ2) is 7.52. The number of aromatic amines is 2. The number of aliphatic hydroxyl groups excluding tert-OH is 1. The van der Waals surface area contributed by atoms with Gasteiger partial charge in [0, 0.05) is 36.7 Å². The third-order valence-electron chi connectivity index (χ3n) is 4.59. The number of hydrogen-bond donors (Lipinski definition) is 4. The van der Waals surface area contributed by atoms with Crippen molar-refractivity contribution in [2.24, 2.45) is 0 Å². The molecule has 3 rings (SSSR count). The quantitative estimate of drug-likeness (QED) is 0.576. The molecule has 1 saturated heterocycles. The van der Waals surface area contributed by atoms with E-state index >= 15 is 0 Å². The van der Waals surface area contributed by atoms with E-state index in [-0.39, 0.29) is 30.3 Å². The molecule has 0 spiro atoms. The summed E-state index contributed by atoms with van der Waals surface area (Å²) < 4.78 is 0. The molecule has 0 saturated carbocycles. The van der Waals surface area contributed by atoms with Gasteiger partial charge in [-0.15, -0.1) is 0 Å². The fraction of sp³-hybridized carbons (Fsp3) is 0.412. The first-order valence-corrected chi connectivity index (χ1v) is 8.38. The summed E-state index contributed by atoms with van der Waals surface area (Å²) in [5.74, 6) is -0.536. The first kappa shape index (κ1) is 17.9. The van der Waals surface area contributed by atoms with Gasteiger partial charge in [0.2, 0.25) is 5.91 Å². The van der Waals surface area contributed by atoms with Crippen LogP contribution in [0.5, 0.6) is 0 Å². The molecule has 2 amide bonds. The number of pyridine rings is 1. The summed E-state index contributed by atoms with van der Waals surface area (Å²) in [6.45, 7) is 2.23. The number of carbonyl (C=O) groups is 2. The van der Waals surface area contributed by atoms with E-state index in [4.69, 9.17) is 0 Å². The summed E-state index contributed by atoms with van der Waals surface area (Å²) in [7, 11) is 0. The number of β-amino-alcohol motifs (C(OH)–C–C–N with tert-alkyl or cyclic N) is 1. The van der Waals surface area contributed by atoms with Crippen LogP contribution in [0.3, 0.4) is 0 Å². The van der Waals surface area contributed by atoms with Gasteiger partial charge in [-0.2, -0.15) is 0 Å². The highest BCUT2D eigenvalue weighted by molar-refractivity contribution is 5.94. The van der Waals surface area contributed by atoms with Crippen molar-refractivity contribution in [1.82, 2.24) is 25.4 Å². The molecule has 1 fully saturated rings. The third kappa shape index (κ3) is 3.83. The fourth-order valence-corrected chi connectivity index (χ4v) is 3.02. The summed E-state index contributed by atoms with van der Waals surface area (Å²) in [5, 5.41) is 18.2. The van der Waals surface area contributed by atoms with Gasteiger partial charge in [-0.05, 0) is 25.5 Å². The summed E-state index contributed by atoms with van der Waals surface area (Å²) in [5.41, 5.74) is 1.13. The highest BCUT2D eigenvalue weighted by Gasteiger charge is 2.31. The van der Waals surface area contributed by atoms with Crippen molar-refractivity contribution in [3.8, 4) is 0 Å². The number of carbonyl (C=O) groups excluding carboxylic acids is 2. The zero-order chi connectivity index (χ0) is 18.7. The largest absolute Gasteiger partial charge is 0.389 e. The molecule has 0 unspecified atom stereocenters. The van der Waals surface area contributed by atoms with Crippen LogP contribution in [0.25, 0.3) is 0 Å². The first-order valence-electron chi connectivity index (χ1n) is 8.38. The van der Waals surface area contributed by atoms with Gasteiger partial charge in [-0.3, -0.25) is 24.5 Å². The third-order valence-corrected chi connectivity index (χ3v) is 4.59. The normalized spacial score (nSPS) is 20.0. The van der Waals surface area contributed by atoms with Gasteiger partial charge in [-0.1, -0.05) is 0 Å². The van der Waals surface area contributed by atoms with E-state index in [2.05, 4.69) is 20.5 Å². The summed E-state index contributed by atoms with van der Waals surface area (Å²) in [6, 6.07) is 2.87. The standard InChI is InChI=1S/C17H21N5O4/c1-10-12(17(26)21-20-10)7-15(24)22-6-4-13(14(23)9-22)19-16(25)11-3-2-5-18-8-11/h2-3,5,8,13-14,23H,4,6-7,9H2,1H3,(H,19,25)(H2,20,21,26)/t13-,14-/m1/s1. The summed E-state index contributed by atoms with van der Waals surface area (Å²) >= 11 is 0. The van der Waals surface area contributed by atoms with Gasteiger partial charge >= 0.3 is 0 Å². The van der Waals surface area contributed by atoms with E-state index < -0.39 is 12.1 Å². The number of amides is 2. The fourth-order valence-electron chi connectivity index (χ4n) is 3.02. The number of hydrogen-bond acceptors (Lipinski definition) is 5. The molecule has 0 radical (unpaired) electrons. The molecule has 0 bridgehead atoms. The smallest absolute Gasteiger partial charge is 0.267 e. The van der Waals surface area contributed by atoms with Crippen LogP contribution in [0.15, 0.2) is 29.3 Å². The Bertz CT molecular complexity index is 844. The predicted molar refractivity (Wildman–Crippen MR) is 92.5 cm³/mol. The van der Waals surface area contributed by atoms with Crippen LogP contribution >= 0.6 is 0 Å². The molecule has 2 aromatic rings. The highest BCUT2D eigenvalue weighted by Crippen LogP contribution is 2.14. The lowest BCUT2D eigenvalue weighted by Gasteiger charge is -2.36. The maximum Gasteiger partial charge on any atom is 0.267 e. The topological polar surface area (TPSA) is 131 Å². The first-order chi connectivity index (χ1) is 12.5. The molecule has 138 valence electrons. The molecular weight excluding hydrogens is 338 g/mol. The van der Waals surface area contributed by atoms with E-state index in [1.54, 1.807) is 25.3 Å². The van der Waals surface area contributed by atoms with Crippen molar-refractivity contribution < 1.29 is 14.7 Å². The molecule has 1 aliphatic heterocycles. The molecule has 26 heavy (non-hydrogen) atoms. The van der Waals surface area contributed by atoms with E-state index in [0.29, 0.717) is 29.8 Å². The number of rotatable bonds is 4. The minimum absolute atomic E-state index is 0.0237. The Balaban J connectivity index is 1.57. The number of aliphatic hydroxyl groups is 1. The Labute approximate surface area is 149 Å². The summed E-state index contributed by atoms with van der Waals surface area (Å²) in [6.07, 6.45) is 2.56. The lowest BCUT2D eigenvalue weighted by atomic mass is 10.0. The van der Waals surface area contributed by atoms with Crippen LogP contribution in [0, 0.1) is 6.92 Å². The Kier molecular flexibility index (Phi) is 5.17. The molecule has 2 aromatic heterocycles. The molecule has 1 aliphatic rings. The van der Waals surface area contributed by atoms with Crippen molar-refractivity contribution in [3.63, 3.8) is 0 Å². The maximum atomic E-state index is 12.4. The van der Waals surface area contributed by atoms with Crippen molar-refractivity contribution in [1.29, 1.82) is 0 Å². The second-order valence-corrected chi connectivity index (χ2v) is 6.38. The Hall–Kier alpha value is -2.94. The Morgan fingerprint density at radius 2 is 2.23 bits per heavy atom. The van der Waals surface area contributed by atoms with Crippen molar-refractivity contribution >= 4 is 11.8 Å². The van der Waals surface area contributed by atoms with E-state index in [9.17, 15) is 19.5 Å². The Morgan fingerprint density at radius 1 is 1.42 bits per heavy atom. The predicted octanol–water partition coefficient (Wildman–Crippen LogP) is -0.659. The lowest BCUT2D eigenvalue weighted by molar-refractivity contribution is -0.134. The van der Waals surface area contributed by atoms with Crippen LogP contribution in [0.1, 0.15) is 28.0 Å². The Morgan fingerprint density at radius 3 is 2.85 bits per heavy atom. The van der Waals surface area contributed by atoms with Gasteiger partial charge < -0.3 is 20.4 Å². The molecule has 0 aromatic carbocycles. The van der Waals surface area contributed by atoms with Crippen LogP contribution in [0.4, 0.5) is 0 Å². The number of aromatic nitrogens is 3. The van der Waals surface area contributed by atoms with Crippen LogP contribution < -0.4 is 10.9 Å². The molecule has 0 aliphatic carbocycles. The van der Waals surface area contributed by atoms with E-state index in [0.717, 1.165) is 0 Å². The number of piperidine rings is 1. The van der Waals surface area contributed by atoms with Gasteiger partial charge in [0.25, 0.3) is 11.5 Å². The number of nitrogens with zero attached hydrogens (tertiary/aromatic N) is 2. The van der Waals surface area contributed by atoms with Gasteiger partial charge in [0.1, 0.15) is 0 Å². The average Bonchev–Trinajstić information content (AvgIpc) is 2.96. The average molecular weight is 359 g/mol. The van der Waals surface area contributed by atoms with Gasteiger partial charge in [-0.25, -0.2) is 0 Å². The number of likely N-dealkylation sites (tertiary alicyclic amines) is 1. The minimum atomic E-state index is -0.876.